The van der Waals surface area contributed by atoms with E-state index in [-0.39, 0.29) is 18.7 Å². The molecule has 0 aromatic rings. The molecule has 1 fully saturated rings. The first-order chi connectivity index (χ1) is 9.59. The molecule has 0 atom stereocenters. The first-order valence-electron chi connectivity index (χ1n) is 6.84. The van der Waals surface area contributed by atoms with E-state index in [1.165, 1.54) is 4.90 Å². The highest BCUT2D eigenvalue weighted by atomic mass is 16.5. The van der Waals surface area contributed by atoms with Gasteiger partial charge in [-0.2, -0.15) is 0 Å². The second-order valence-corrected chi connectivity index (χ2v) is 6.32. The molecule has 0 spiro atoms. The van der Waals surface area contributed by atoms with Crippen LogP contribution in [0.25, 0.3) is 0 Å². The molecule has 1 rings (SSSR count). The van der Waals surface area contributed by atoms with Crippen molar-refractivity contribution in [1.29, 1.82) is 0 Å². The third kappa shape index (κ3) is 4.56. The van der Waals surface area contributed by atoms with Crippen LogP contribution in [0.2, 0.25) is 0 Å². The fourth-order valence-electron chi connectivity index (χ4n) is 2.04. The van der Waals surface area contributed by atoms with Crippen molar-refractivity contribution in [3.63, 3.8) is 0 Å². The Balaban J connectivity index is 2.42. The van der Waals surface area contributed by atoms with Crippen molar-refractivity contribution in [2.24, 2.45) is 0 Å². The van der Waals surface area contributed by atoms with Crippen molar-refractivity contribution in [1.82, 2.24) is 10.2 Å². The fraction of sp³-hybridized carbons (Fsp3) is 0.643. The summed E-state index contributed by atoms with van der Waals surface area (Å²) in [5, 5.41) is 2.64. The van der Waals surface area contributed by atoms with Crippen LogP contribution < -0.4 is 5.32 Å². The molecule has 0 radical (unpaired) electrons. The zero-order valence-corrected chi connectivity index (χ0v) is 13.1. The number of esters is 1. The molecule has 0 unspecified atom stereocenters. The molecular formula is C14H24N3O4+. The van der Waals surface area contributed by atoms with Gasteiger partial charge in [-0.05, 0) is 13.8 Å². The molecule has 118 valence electrons. The number of carbonyl (C=O) groups excluding carboxylic acids is 3. The molecule has 3 amide bonds. The molecule has 7 nitrogen and oxygen atoms in total. The average molecular weight is 298 g/mol. The van der Waals surface area contributed by atoms with E-state index in [9.17, 15) is 14.4 Å². The SMILES string of the molecule is C=CC(=O)OC[N+](C)(C)CCCN1C(=O)NC(C)(C)C1=O. The lowest BCUT2D eigenvalue weighted by atomic mass is 10.1. The zero-order valence-electron chi connectivity index (χ0n) is 13.1. The monoisotopic (exact) mass is 298 g/mol. The van der Waals surface area contributed by atoms with Crippen molar-refractivity contribution in [3.8, 4) is 0 Å². The molecule has 1 aliphatic heterocycles. The van der Waals surface area contributed by atoms with Crippen molar-refractivity contribution < 1.29 is 23.6 Å². The standard InChI is InChI=1S/C14H23N3O4/c1-6-11(18)21-10-17(4,5)9-7-8-16-12(19)14(2,3)15-13(16)20/h6H,1,7-10H2,2-5H3/p+1. The largest absolute Gasteiger partial charge is 0.412 e. The Kier molecular flexibility index (Phi) is 5.11. The highest BCUT2D eigenvalue weighted by Crippen LogP contribution is 2.17. The van der Waals surface area contributed by atoms with Gasteiger partial charge in [0, 0.05) is 19.0 Å². The highest BCUT2D eigenvalue weighted by Gasteiger charge is 2.43. The van der Waals surface area contributed by atoms with E-state index in [0.29, 0.717) is 24.0 Å². The van der Waals surface area contributed by atoms with Crippen LogP contribution in [-0.4, -0.2) is 66.7 Å². The first-order valence-corrected chi connectivity index (χ1v) is 6.84. The number of ether oxygens (including phenoxy) is 1. The summed E-state index contributed by atoms with van der Waals surface area (Å²) in [6.07, 6.45) is 1.75. The van der Waals surface area contributed by atoms with Crippen LogP contribution in [0.5, 0.6) is 0 Å². The van der Waals surface area contributed by atoms with E-state index in [1.807, 2.05) is 14.1 Å². The number of quaternary nitrogens is 1. The second-order valence-electron chi connectivity index (χ2n) is 6.32. The Morgan fingerprint density at radius 2 is 2.05 bits per heavy atom. The zero-order chi connectivity index (χ0) is 16.3. The minimum Gasteiger partial charge on any atom is -0.412 e. The van der Waals surface area contributed by atoms with Gasteiger partial charge in [0.15, 0.2) is 0 Å². The predicted octanol–water partition coefficient (Wildman–Crippen LogP) is 0.470. The van der Waals surface area contributed by atoms with Gasteiger partial charge in [0.25, 0.3) is 5.91 Å². The van der Waals surface area contributed by atoms with Gasteiger partial charge in [-0.1, -0.05) is 6.58 Å². The molecule has 0 saturated carbocycles. The molecular weight excluding hydrogens is 274 g/mol. The maximum atomic E-state index is 12.0. The van der Waals surface area contributed by atoms with E-state index in [2.05, 4.69) is 11.9 Å². The number of urea groups is 1. The molecule has 0 aromatic heterocycles. The molecule has 0 aromatic carbocycles. The molecule has 1 N–H and O–H groups in total. The molecule has 7 heteroatoms. The molecule has 0 bridgehead atoms. The summed E-state index contributed by atoms with van der Waals surface area (Å²) in [5.74, 6) is -0.673. The predicted molar refractivity (Wildman–Crippen MR) is 77.1 cm³/mol. The topological polar surface area (TPSA) is 75.7 Å². The summed E-state index contributed by atoms with van der Waals surface area (Å²) in [6.45, 7) is 7.94. The normalized spacial score (nSPS) is 17.6. The summed E-state index contributed by atoms with van der Waals surface area (Å²) in [4.78, 5) is 36.0. The van der Waals surface area contributed by atoms with Gasteiger partial charge in [0.05, 0.1) is 20.6 Å². The van der Waals surface area contributed by atoms with E-state index in [4.69, 9.17) is 4.74 Å². The first kappa shape index (κ1) is 17.2. The molecule has 1 saturated heterocycles. The molecule has 1 heterocycles. The minimum absolute atomic E-state index is 0.212. The minimum atomic E-state index is -0.832. The van der Waals surface area contributed by atoms with Gasteiger partial charge in [-0.25, -0.2) is 9.59 Å². The van der Waals surface area contributed by atoms with Gasteiger partial charge < -0.3 is 10.1 Å². The lowest BCUT2D eigenvalue weighted by Gasteiger charge is -2.29. The van der Waals surface area contributed by atoms with Crippen molar-refractivity contribution >= 4 is 17.9 Å². The van der Waals surface area contributed by atoms with Crippen molar-refractivity contribution in [2.45, 2.75) is 25.8 Å². The highest BCUT2D eigenvalue weighted by molar-refractivity contribution is 6.06. The Bertz CT molecular complexity index is 457. The number of hydrogen-bond donors (Lipinski definition) is 1. The van der Waals surface area contributed by atoms with Gasteiger partial charge in [-0.15, -0.1) is 0 Å². The van der Waals surface area contributed by atoms with E-state index < -0.39 is 11.5 Å². The number of nitrogens with one attached hydrogen (secondary N) is 1. The van der Waals surface area contributed by atoms with Crippen molar-refractivity contribution in [2.75, 3.05) is 33.9 Å². The number of carbonyl (C=O) groups is 3. The van der Waals surface area contributed by atoms with Gasteiger partial charge >= 0.3 is 12.0 Å². The average Bonchev–Trinajstić information content (AvgIpc) is 2.57. The lowest BCUT2D eigenvalue weighted by molar-refractivity contribution is -0.907. The van der Waals surface area contributed by atoms with Crippen LogP contribution in [0.4, 0.5) is 4.79 Å². The summed E-state index contributed by atoms with van der Waals surface area (Å²) in [5.41, 5.74) is -0.832. The number of rotatable bonds is 7. The van der Waals surface area contributed by atoms with Crippen molar-refractivity contribution in [3.05, 3.63) is 12.7 Å². The molecule has 21 heavy (non-hydrogen) atoms. The summed E-state index contributed by atoms with van der Waals surface area (Å²) < 4.78 is 5.46. The van der Waals surface area contributed by atoms with Gasteiger partial charge in [0.2, 0.25) is 6.73 Å². The van der Waals surface area contributed by atoms with Crippen LogP contribution >= 0.6 is 0 Å². The van der Waals surface area contributed by atoms with E-state index in [0.717, 1.165) is 6.08 Å². The van der Waals surface area contributed by atoms with Crippen LogP contribution in [0.1, 0.15) is 20.3 Å². The number of nitrogens with zero attached hydrogens (tertiary/aromatic N) is 2. The number of amides is 3. The second kappa shape index (κ2) is 6.26. The Hall–Kier alpha value is -1.89. The van der Waals surface area contributed by atoms with Crippen LogP contribution in [0, 0.1) is 0 Å². The van der Waals surface area contributed by atoms with Crippen LogP contribution in [-0.2, 0) is 14.3 Å². The summed E-state index contributed by atoms with van der Waals surface area (Å²) in [7, 11) is 3.82. The summed E-state index contributed by atoms with van der Waals surface area (Å²) >= 11 is 0. The Morgan fingerprint density at radius 1 is 1.43 bits per heavy atom. The Morgan fingerprint density at radius 3 is 2.52 bits per heavy atom. The van der Waals surface area contributed by atoms with E-state index in [1.54, 1.807) is 13.8 Å². The van der Waals surface area contributed by atoms with Crippen LogP contribution in [0.3, 0.4) is 0 Å². The maximum Gasteiger partial charge on any atom is 0.334 e. The maximum absolute atomic E-state index is 12.0. The lowest BCUT2D eigenvalue weighted by Crippen LogP contribution is -2.44. The molecule has 1 aliphatic rings. The molecule has 0 aliphatic carbocycles. The smallest absolute Gasteiger partial charge is 0.334 e. The van der Waals surface area contributed by atoms with Crippen LogP contribution in [0.15, 0.2) is 12.7 Å². The Labute approximate surface area is 125 Å². The summed E-state index contributed by atoms with van der Waals surface area (Å²) in [6, 6.07) is -0.353. The van der Waals surface area contributed by atoms with E-state index >= 15 is 0 Å². The van der Waals surface area contributed by atoms with Gasteiger partial charge in [-0.3, -0.25) is 14.2 Å². The number of imide groups is 1. The number of hydrogen-bond acceptors (Lipinski definition) is 4. The third-order valence-corrected chi connectivity index (χ3v) is 3.31. The van der Waals surface area contributed by atoms with Gasteiger partial charge in [0.1, 0.15) is 5.54 Å². The quantitative estimate of drug-likeness (QED) is 0.244. The third-order valence-electron chi connectivity index (χ3n) is 3.31. The fourth-order valence-corrected chi connectivity index (χ4v) is 2.04.